The van der Waals surface area contributed by atoms with Gasteiger partial charge in [-0.15, -0.1) is 0 Å². The van der Waals surface area contributed by atoms with Crippen molar-refractivity contribution in [2.75, 3.05) is 17.6 Å². The summed E-state index contributed by atoms with van der Waals surface area (Å²) in [4.78, 5) is 12.7. The zero-order chi connectivity index (χ0) is 20.9. The normalized spacial score (nSPS) is 13.5. The third kappa shape index (κ3) is 5.48. The SMILES string of the molecule is CC[C@@H](Oc1ccc(N(C)S(C)(=O)=O)cc1)C(=O)N[C@@H](C)c1ccccc1C. The predicted octanol–water partition coefficient (Wildman–Crippen LogP) is 3.43. The van der Waals surface area contributed by atoms with E-state index in [4.69, 9.17) is 4.74 Å². The average Bonchev–Trinajstić information content (AvgIpc) is 2.65. The fourth-order valence-electron chi connectivity index (χ4n) is 2.87. The van der Waals surface area contributed by atoms with Gasteiger partial charge >= 0.3 is 0 Å². The molecule has 0 aliphatic carbocycles. The molecule has 0 bridgehead atoms. The summed E-state index contributed by atoms with van der Waals surface area (Å²) in [5.41, 5.74) is 2.72. The summed E-state index contributed by atoms with van der Waals surface area (Å²) >= 11 is 0. The number of anilines is 1. The number of aryl methyl sites for hydroxylation is 1. The fraction of sp³-hybridized carbons (Fsp3) is 0.381. The van der Waals surface area contributed by atoms with Crippen molar-refractivity contribution in [1.29, 1.82) is 0 Å². The highest BCUT2D eigenvalue weighted by atomic mass is 32.2. The first-order chi connectivity index (χ1) is 13.1. The first kappa shape index (κ1) is 21.8. The minimum absolute atomic E-state index is 0.128. The molecule has 0 spiro atoms. The van der Waals surface area contributed by atoms with Gasteiger partial charge in [0.25, 0.3) is 5.91 Å². The van der Waals surface area contributed by atoms with Crippen LogP contribution in [-0.4, -0.2) is 33.7 Å². The molecular weight excluding hydrogens is 376 g/mol. The number of carbonyl (C=O) groups excluding carboxylic acids is 1. The first-order valence-electron chi connectivity index (χ1n) is 9.20. The highest BCUT2D eigenvalue weighted by molar-refractivity contribution is 7.92. The summed E-state index contributed by atoms with van der Waals surface area (Å²) < 4.78 is 30.2. The van der Waals surface area contributed by atoms with E-state index in [0.29, 0.717) is 17.9 Å². The summed E-state index contributed by atoms with van der Waals surface area (Å²) in [5.74, 6) is 0.326. The van der Waals surface area contributed by atoms with E-state index in [1.54, 1.807) is 24.3 Å². The molecule has 0 aromatic heterocycles. The van der Waals surface area contributed by atoms with Gasteiger partial charge in [0.05, 0.1) is 18.0 Å². The Morgan fingerprint density at radius 1 is 1.14 bits per heavy atom. The summed E-state index contributed by atoms with van der Waals surface area (Å²) in [7, 11) is -1.84. The lowest BCUT2D eigenvalue weighted by Gasteiger charge is -2.22. The van der Waals surface area contributed by atoms with Crippen molar-refractivity contribution in [3.63, 3.8) is 0 Å². The molecule has 1 N–H and O–H groups in total. The zero-order valence-corrected chi connectivity index (χ0v) is 17.8. The topological polar surface area (TPSA) is 75.7 Å². The molecule has 0 radical (unpaired) electrons. The van der Waals surface area contributed by atoms with Gasteiger partial charge in [-0.05, 0) is 55.7 Å². The van der Waals surface area contributed by atoms with Crippen molar-refractivity contribution in [2.24, 2.45) is 0 Å². The fourth-order valence-corrected chi connectivity index (χ4v) is 3.37. The summed E-state index contributed by atoms with van der Waals surface area (Å²) in [5, 5.41) is 3.01. The molecule has 2 rings (SSSR count). The second kappa shape index (κ2) is 9.10. The van der Waals surface area contributed by atoms with Crippen molar-refractivity contribution in [2.45, 2.75) is 39.3 Å². The number of hydrogen-bond donors (Lipinski definition) is 1. The molecule has 0 aliphatic rings. The standard InChI is InChI=1S/C21H28N2O4S/c1-6-20(21(24)22-16(3)19-10-8-7-9-15(19)2)27-18-13-11-17(12-14-18)23(4)28(5,25)26/h7-14,16,20H,6H2,1-5H3,(H,22,24)/t16-,20+/m0/s1. The summed E-state index contributed by atoms with van der Waals surface area (Å²) in [6.45, 7) is 5.85. The molecule has 0 saturated carbocycles. The molecule has 2 aromatic rings. The molecule has 0 saturated heterocycles. The van der Waals surface area contributed by atoms with E-state index in [9.17, 15) is 13.2 Å². The maximum atomic E-state index is 12.7. The number of hydrogen-bond acceptors (Lipinski definition) is 4. The number of carbonyl (C=O) groups is 1. The van der Waals surface area contributed by atoms with Crippen LogP contribution in [0.1, 0.15) is 37.4 Å². The molecule has 0 fully saturated rings. The highest BCUT2D eigenvalue weighted by Gasteiger charge is 2.21. The van der Waals surface area contributed by atoms with Crippen LogP contribution >= 0.6 is 0 Å². The maximum absolute atomic E-state index is 12.7. The van der Waals surface area contributed by atoms with E-state index >= 15 is 0 Å². The largest absolute Gasteiger partial charge is 0.481 e. The monoisotopic (exact) mass is 404 g/mol. The number of amides is 1. The van der Waals surface area contributed by atoms with E-state index < -0.39 is 16.1 Å². The molecular formula is C21H28N2O4S. The van der Waals surface area contributed by atoms with Crippen molar-refractivity contribution >= 4 is 21.6 Å². The predicted molar refractivity (Wildman–Crippen MR) is 112 cm³/mol. The van der Waals surface area contributed by atoms with Gasteiger partial charge < -0.3 is 10.1 Å². The lowest BCUT2D eigenvalue weighted by molar-refractivity contribution is -0.128. The Labute approximate surface area is 167 Å². The quantitative estimate of drug-likeness (QED) is 0.731. The number of benzene rings is 2. The molecule has 0 unspecified atom stereocenters. The van der Waals surface area contributed by atoms with Crippen molar-refractivity contribution in [3.05, 3.63) is 59.7 Å². The number of sulfonamides is 1. The van der Waals surface area contributed by atoms with E-state index in [1.165, 1.54) is 11.4 Å². The van der Waals surface area contributed by atoms with E-state index in [2.05, 4.69) is 5.32 Å². The number of nitrogens with zero attached hydrogens (tertiary/aromatic N) is 1. The Kier molecular flexibility index (Phi) is 7.07. The highest BCUT2D eigenvalue weighted by Crippen LogP contribution is 2.22. The minimum atomic E-state index is -3.32. The minimum Gasteiger partial charge on any atom is -0.481 e. The van der Waals surface area contributed by atoms with Gasteiger partial charge in [-0.1, -0.05) is 31.2 Å². The lowest BCUT2D eigenvalue weighted by Crippen LogP contribution is -2.39. The lowest BCUT2D eigenvalue weighted by atomic mass is 10.0. The third-order valence-corrected chi connectivity index (χ3v) is 5.86. The van der Waals surface area contributed by atoms with Crippen LogP contribution < -0.4 is 14.4 Å². The molecule has 2 atom stereocenters. The average molecular weight is 405 g/mol. The molecule has 6 nitrogen and oxygen atoms in total. The number of rotatable bonds is 8. The Morgan fingerprint density at radius 2 is 1.75 bits per heavy atom. The van der Waals surface area contributed by atoms with Crippen LogP contribution in [0.3, 0.4) is 0 Å². The Morgan fingerprint density at radius 3 is 2.29 bits per heavy atom. The van der Waals surface area contributed by atoms with Crippen LogP contribution in [0.2, 0.25) is 0 Å². The number of nitrogens with one attached hydrogen (secondary N) is 1. The van der Waals surface area contributed by atoms with Gasteiger partial charge in [0.15, 0.2) is 6.10 Å². The number of ether oxygens (including phenoxy) is 1. The molecule has 152 valence electrons. The smallest absolute Gasteiger partial charge is 0.261 e. The van der Waals surface area contributed by atoms with Crippen LogP contribution in [0.4, 0.5) is 5.69 Å². The van der Waals surface area contributed by atoms with E-state index in [0.717, 1.165) is 17.4 Å². The maximum Gasteiger partial charge on any atom is 0.261 e. The zero-order valence-electron chi connectivity index (χ0n) is 17.0. The second-order valence-corrected chi connectivity index (χ2v) is 8.84. The van der Waals surface area contributed by atoms with Crippen LogP contribution in [0, 0.1) is 6.92 Å². The molecule has 28 heavy (non-hydrogen) atoms. The van der Waals surface area contributed by atoms with Crippen molar-refractivity contribution < 1.29 is 17.9 Å². The molecule has 0 heterocycles. The Hall–Kier alpha value is -2.54. The summed E-state index contributed by atoms with van der Waals surface area (Å²) in [6, 6.07) is 14.4. The van der Waals surface area contributed by atoms with Gasteiger partial charge in [-0.3, -0.25) is 9.10 Å². The van der Waals surface area contributed by atoms with Gasteiger partial charge in [0.1, 0.15) is 5.75 Å². The van der Waals surface area contributed by atoms with Gasteiger partial charge in [-0.2, -0.15) is 0 Å². The molecule has 2 aromatic carbocycles. The Balaban J connectivity index is 2.05. The first-order valence-corrected chi connectivity index (χ1v) is 11.0. The molecule has 7 heteroatoms. The van der Waals surface area contributed by atoms with E-state index in [-0.39, 0.29) is 11.9 Å². The summed E-state index contributed by atoms with van der Waals surface area (Å²) in [6.07, 6.45) is 1.02. The second-order valence-electron chi connectivity index (χ2n) is 6.83. The van der Waals surface area contributed by atoms with Gasteiger partial charge in [0, 0.05) is 7.05 Å². The third-order valence-electron chi connectivity index (χ3n) is 4.65. The molecule has 0 aliphatic heterocycles. The van der Waals surface area contributed by atoms with Crippen LogP contribution in [0.5, 0.6) is 5.75 Å². The van der Waals surface area contributed by atoms with Gasteiger partial charge in [-0.25, -0.2) is 8.42 Å². The van der Waals surface area contributed by atoms with Crippen LogP contribution in [0.25, 0.3) is 0 Å². The van der Waals surface area contributed by atoms with Crippen molar-refractivity contribution in [1.82, 2.24) is 5.32 Å². The van der Waals surface area contributed by atoms with Crippen molar-refractivity contribution in [3.8, 4) is 5.75 Å². The van der Waals surface area contributed by atoms with Gasteiger partial charge in [0.2, 0.25) is 10.0 Å². The molecule has 1 amide bonds. The van der Waals surface area contributed by atoms with E-state index in [1.807, 2.05) is 45.0 Å². The Bertz CT molecular complexity index is 910. The van der Waals surface area contributed by atoms with Crippen LogP contribution in [-0.2, 0) is 14.8 Å². The van der Waals surface area contributed by atoms with Crippen LogP contribution in [0.15, 0.2) is 48.5 Å².